The number of pyridine rings is 1. The van der Waals surface area contributed by atoms with Crippen LogP contribution in [0.3, 0.4) is 0 Å². The first-order chi connectivity index (χ1) is 12.3. The number of nitrogens with one attached hydrogen (secondary N) is 1. The molecule has 0 aliphatic heterocycles. The number of methoxy groups -OCH3 is 1. The van der Waals surface area contributed by atoms with Crippen molar-refractivity contribution >= 4 is 11.9 Å². The normalized spacial score (nSPS) is 11.1. The zero-order valence-corrected chi connectivity index (χ0v) is 15.8. The molecule has 5 nitrogen and oxygen atoms in total. The van der Waals surface area contributed by atoms with Gasteiger partial charge in [-0.25, -0.2) is 4.79 Å². The molecule has 0 aliphatic carbocycles. The lowest BCUT2D eigenvalue weighted by Crippen LogP contribution is -2.23. The standard InChI is InChI=1S/C21H26N2O3/c1-21(2,3)17-8-5-15(6-9-17)7-10-19(24)23-14-18-13-16(11-12-22-18)20(25)26-4/h5-6,8-9,11-13H,7,10,14H2,1-4H3,(H,23,24). The molecule has 5 heteroatoms. The molecule has 0 saturated carbocycles. The molecular weight excluding hydrogens is 328 g/mol. The minimum Gasteiger partial charge on any atom is -0.465 e. The molecule has 138 valence electrons. The SMILES string of the molecule is COC(=O)c1ccnc(CNC(=O)CCc2ccc(C(C)(C)C)cc2)c1. The number of aromatic nitrogens is 1. The topological polar surface area (TPSA) is 68.3 Å². The first kappa shape index (κ1) is 19.6. The molecule has 1 amide bonds. The monoisotopic (exact) mass is 354 g/mol. The van der Waals surface area contributed by atoms with Crippen molar-refractivity contribution < 1.29 is 14.3 Å². The highest BCUT2D eigenvalue weighted by molar-refractivity contribution is 5.89. The third-order valence-electron chi connectivity index (χ3n) is 4.17. The van der Waals surface area contributed by atoms with E-state index in [0.29, 0.717) is 24.1 Å². The predicted molar refractivity (Wildman–Crippen MR) is 101 cm³/mol. The Morgan fingerprint density at radius 3 is 2.42 bits per heavy atom. The van der Waals surface area contributed by atoms with Gasteiger partial charge in [0.2, 0.25) is 5.91 Å². The van der Waals surface area contributed by atoms with Crippen molar-refractivity contribution in [2.45, 2.75) is 45.6 Å². The highest BCUT2D eigenvalue weighted by Gasteiger charge is 2.13. The number of aryl methyl sites for hydroxylation is 1. The molecule has 0 unspecified atom stereocenters. The lowest BCUT2D eigenvalue weighted by atomic mass is 9.86. The van der Waals surface area contributed by atoms with Crippen molar-refractivity contribution in [3.63, 3.8) is 0 Å². The zero-order valence-electron chi connectivity index (χ0n) is 15.8. The van der Waals surface area contributed by atoms with Crippen LogP contribution in [-0.4, -0.2) is 24.0 Å². The van der Waals surface area contributed by atoms with Crippen molar-refractivity contribution in [1.82, 2.24) is 10.3 Å². The molecule has 0 saturated heterocycles. The average molecular weight is 354 g/mol. The van der Waals surface area contributed by atoms with Gasteiger partial charge in [-0.1, -0.05) is 45.0 Å². The molecule has 1 aromatic carbocycles. The number of benzene rings is 1. The summed E-state index contributed by atoms with van der Waals surface area (Å²) in [6, 6.07) is 11.6. The second-order valence-electron chi connectivity index (χ2n) is 7.25. The van der Waals surface area contributed by atoms with Gasteiger partial charge in [-0.15, -0.1) is 0 Å². The van der Waals surface area contributed by atoms with E-state index >= 15 is 0 Å². The Hall–Kier alpha value is -2.69. The van der Waals surface area contributed by atoms with Gasteiger partial charge in [-0.3, -0.25) is 9.78 Å². The number of esters is 1. The molecule has 0 aliphatic rings. The van der Waals surface area contributed by atoms with Crippen molar-refractivity contribution in [3.05, 3.63) is 65.0 Å². The van der Waals surface area contributed by atoms with Crippen LogP contribution in [0.5, 0.6) is 0 Å². The van der Waals surface area contributed by atoms with Crippen LogP contribution >= 0.6 is 0 Å². The van der Waals surface area contributed by atoms with Gasteiger partial charge in [0.05, 0.1) is 24.9 Å². The maximum atomic E-state index is 12.1. The quantitative estimate of drug-likeness (QED) is 0.807. The number of hydrogen-bond donors (Lipinski definition) is 1. The van der Waals surface area contributed by atoms with E-state index in [1.54, 1.807) is 12.1 Å². The van der Waals surface area contributed by atoms with E-state index in [1.807, 2.05) is 0 Å². The van der Waals surface area contributed by atoms with E-state index in [0.717, 1.165) is 5.56 Å². The maximum Gasteiger partial charge on any atom is 0.337 e. The van der Waals surface area contributed by atoms with Crippen LogP contribution in [0.1, 0.15) is 54.4 Å². The summed E-state index contributed by atoms with van der Waals surface area (Å²) in [5.41, 5.74) is 3.59. The Labute approximate surface area is 154 Å². The van der Waals surface area contributed by atoms with Gasteiger partial charge in [-0.2, -0.15) is 0 Å². The molecule has 0 atom stereocenters. The minimum absolute atomic E-state index is 0.0461. The molecular formula is C21H26N2O3. The highest BCUT2D eigenvalue weighted by atomic mass is 16.5. The van der Waals surface area contributed by atoms with E-state index in [-0.39, 0.29) is 17.9 Å². The van der Waals surface area contributed by atoms with Crippen molar-refractivity contribution in [3.8, 4) is 0 Å². The Bertz CT molecular complexity index is 762. The van der Waals surface area contributed by atoms with E-state index in [1.165, 1.54) is 18.9 Å². The number of nitrogens with zero attached hydrogens (tertiary/aromatic N) is 1. The molecule has 1 N–H and O–H groups in total. The van der Waals surface area contributed by atoms with E-state index in [2.05, 4.69) is 60.1 Å². The highest BCUT2D eigenvalue weighted by Crippen LogP contribution is 2.22. The van der Waals surface area contributed by atoms with Gasteiger partial charge in [0.25, 0.3) is 0 Å². The lowest BCUT2D eigenvalue weighted by Gasteiger charge is -2.19. The van der Waals surface area contributed by atoms with E-state index < -0.39 is 5.97 Å². The van der Waals surface area contributed by atoms with Gasteiger partial charge in [-0.05, 0) is 35.1 Å². The first-order valence-electron chi connectivity index (χ1n) is 8.69. The molecule has 1 heterocycles. The van der Waals surface area contributed by atoms with Crippen LogP contribution < -0.4 is 5.32 Å². The molecule has 2 rings (SSSR count). The second kappa shape index (κ2) is 8.61. The van der Waals surface area contributed by atoms with Crippen LogP contribution in [-0.2, 0) is 27.9 Å². The molecule has 0 radical (unpaired) electrons. The Morgan fingerprint density at radius 1 is 1.12 bits per heavy atom. The van der Waals surface area contributed by atoms with Crippen molar-refractivity contribution in [2.24, 2.45) is 0 Å². The zero-order chi connectivity index (χ0) is 19.2. The summed E-state index contributed by atoms with van der Waals surface area (Å²) in [7, 11) is 1.33. The summed E-state index contributed by atoms with van der Waals surface area (Å²) in [6.07, 6.45) is 2.63. The summed E-state index contributed by atoms with van der Waals surface area (Å²) >= 11 is 0. The summed E-state index contributed by atoms with van der Waals surface area (Å²) in [6.45, 7) is 6.82. The van der Waals surface area contributed by atoms with E-state index in [9.17, 15) is 9.59 Å². The molecule has 26 heavy (non-hydrogen) atoms. The molecule has 0 fully saturated rings. The van der Waals surface area contributed by atoms with Crippen LogP contribution in [0.15, 0.2) is 42.6 Å². The number of ether oxygens (including phenoxy) is 1. The Balaban J connectivity index is 1.83. The third kappa shape index (κ3) is 5.69. The minimum atomic E-state index is -0.418. The smallest absolute Gasteiger partial charge is 0.337 e. The van der Waals surface area contributed by atoms with Crippen LogP contribution in [0.2, 0.25) is 0 Å². The fourth-order valence-corrected chi connectivity index (χ4v) is 2.53. The van der Waals surface area contributed by atoms with Crippen molar-refractivity contribution in [1.29, 1.82) is 0 Å². The summed E-state index contributed by atoms with van der Waals surface area (Å²) in [4.78, 5) is 27.7. The molecule has 0 spiro atoms. The number of carbonyl (C=O) groups is 2. The number of hydrogen-bond acceptors (Lipinski definition) is 4. The Kier molecular flexibility index (Phi) is 6.50. The number of carbonyl (C=O) groups excluding carboxylic acids is 2. The number of rotatable bonds is 6. The van der Waals surface area contributed by atoms with Crippen LogP contribution in [0.25, 0.3) is 0 Å². The van der Waals surface area contributed by atoms with Gasteiger partial charge in [0, 0.05) is 12.6 Å². The fourth-order valence-electron chi connectivity index (χ4n) is 2.53. The molecule has 0 bridgehead atoms. The first-order valence-corrected chi connectivity index (χ1v) is 8.69. The summed E-state index contributed by atoms with van der Waals surface area (Å²) in [5.74, 6) is -0.464. The van der Waals surface area contributed by atoms with Gasteiger partial charge in [0.15, 0.2) is 0 Å². The van der Waals surface area contributed by atoms with Crippen molar-refractivity contribution in [2.75, 3.05) is 7.11 Å². The maximum absolute atomic E-state index is 12.1. The average Bonchev–Trinajstić information content (AvgIpc) is 2.64. The van der Waals surface area contributed by atoms with E-state index in [4.69, 9.17) is 0 Å². The van der Waals surface area contributed by atoms with Crippen LogP contribution in [0.4, 0.5) is 0 Å². The van der Waals surface area contributed by atoms with Gasteiger partial charge < -0.3 is 10.1 Å². The predicted octanol–water partition coefficient (Wildman–Crippen LogP) is 3.41. The van der Waals surface area contributed by atoms with Gasteiger partial charge >= 0.3 is 5.97 Å². The summed E-state index contributed by atoms with van der Waals surface area (Å²) < 4.78 is 4.68. The largest absolute Gasteiger partial charge is 0.465 e. The van der Waals surface area contributed by atoms with Crippen LogP contribution in [0, 0.1) is 0 Å². The summed E-state index contributed by atoms with van der Waals surface area (Å²) in [5, 5.41) is 2.84. The second-order valence-corrected chi connectivity index (χ2v) is 7.25. The number of amides is 1. The third-order valence-corrected chi connectivity index (χ3v) is 4.17. The Morgan fingerprint density at radius 2 is 1.81 bits per heavy atom. The lowest BCUT2D eigenvalue weighted by molar-refractivity contribution is -0.121. The fraction of sp³-hybridized carbons (Fsp3) is 0.381. The molecule has 1 aromatic heterocycles. The van der Waals surface area contributed by atoms with Gasteiger partial charge in [0.1, 0.15) is 0 Å². The molecule has 2 aromatic rings.